The Kier molecular flexibility index (Phi) is 6.56. The van der Waals surface area contributed by atoms with Crippen LogP contribution in [-0.2, 0) is 19.4 Å². The van der Waals surface area contributed by atoms with E-state index in [2.05, 4.69) is 0 Å². The summed E-state index contributed by atoms with van der Waals surface area (Å²) >= 11 is 0. The molecule has 0 spiro atoms. The molecule has 0 radical (unpaired) electrons. The van der Waals surface area contributed by atoms with Gasteiger partial charge in [0.25, 0.3) is 0 Å². The fourth-order valence-electron chi connectivity index (χ4n) is 1.91. The predicted molar refractivity (Wildman–Crippen MR) is 86.5 cm³/mol. The van der Waals surface area contributed by atoms with E-state index in [1.807, 2.05) is 0 Å². The van der Waals surface area contributed by atoms with E-state index in [1.165, 1.54) is 24.1 Å². The molecule has 0 aliphatic heterocycles. The number of sulfone groups is 1. The molecule has 0 fully saturated rings. The number of carbonyl (C=O) groups is 2. The minimum absolute atomic E-state index is 0.0332. The molecule has 1 rings (SSSR count). The van der Waals surface area contributed by atoms with Crippen molar-refractivity contribution < 1.29 is 27.9 Å². The first-order valence-electron chi connectivity index (χ1n) is 7.02. The molecule has 0 aliphatic carbocycles. The minimum Gasteiger partial charge on any atom is -0.482 e. The van der Waals surface area contributed by atoms with Crippen LogP contribution in [0.3, 0.4) is 0 Å². The summed E-state index contributed by atoms with van der Waals surface area (Å²) in [5.41, 5.74) is 0.498. The highest BCUT2D eigenvalue weighted by molar-refractivity contribution is 7.92. The number of nitrogens with zero attached hydrogens (tertiary/aromatic N) is 1. The van der Waals surface area contributed by atoms with Crippen molar-refractivity contribution in [2.45, 2.75) is 13.8 Å². The molecule has 23 heavy (non-hydrogen) atoms. The number of amides is 1. The maximum Gasteiger partial charge on any atom is 0.341 e. The lowest BCUT2D eigenvalue weighted by molar-refractivity contribution is -0.139. The first kappa shape index (κ1) is 19.0. The predicted octanol–water partition coefficient (Wildman–Crippen LogP) is 1.18. The van der Waals surface area contributed by atoms with Crippen molar-refractivity contribution in [1.29, 1.82) is 0 Å². The summed E-state index contributed by atoms with van der Waals surface area (Å²) in [7, 11) is -1.95. The van der Waals surface area contributed by atoms with E-state index in [0.717, 1.165) is 0 Å². The number of carbonyl (C=O) groups excluding carboxylic acids is 1. The lowest BCUT2D eigenvalue weighted by Gasteiger charge is -2.18. The summed E-state index contributed by atoms with van der Waals surface area (Å²) < 4.78 is 28.7. The van der Waals surface area contributed by atoms with Gasteiger partial charge in [-0.25, -0.2) is 13.2 Å². The van der Waals surface area contributed by atoms with E-state index in [9.17, 15) is 18.0 Å². The van der Waals surface area contributed by atoms with Crippen LogP contribution in [0.4, 0.5) is 5.69 Å². The van der Waals surface area contributed by atoms with E-state index in [-0.39, 0.29) is 11.7 Å². The van der Waals surface area contributed by atoms with Crippen LogP contribution in [0.5, 0.6) is 5.75 Å². The van der Waals surface area contributed by atoms with E-state index in [4.69, 9.17) is 9.84 Å². The molecular formula is C15H21NO6S. The van der Waals surface area contributed by atoms with Crippen molar-refractivity contribution in [3.8, 4) is 5.75 Å². The molecule has 0 atom stereocenters. The summed E-state index contributed by atoms with van der Waals surface area (Å²) in [5.74, 6) is -1.87. The lowest BCUT2D eigenvalue weighted by atomic mass is 10.3. The highest BCUT2D eigenvalue weighted by Gasteiger charge is 2.21. The van der Waals surface area contributed by atoms with Crippen molar-refractivity contribution >= 4 is 27.4 Å². The number of carboxylic acids is 1. The van der Waals surface area contributed by atoms with Gasteiger partial charge in [0, 0.05) is 12.7 Å². The van der Waals surface area contributed by atoms with Crippen molar-refractivity contribution in [3.05, 3.63) is 24.3 Å². The smallest absolute Gasteiger partial charge is 0.341 e. The van der Waals surface area contributed by atoms with Gasteiger partial charge in [-0.1, -0.05) is 13.8 Å². The van der Waals surface area contributed by atoms with Crippen LogP contribution in [0.15, 0.2) is 24.3 Å². The first-order valence-corrected chi connectivity index (χ1v) is 8.84. The number of benzene rings is 1. The highest BCUT2D eigenvalue weighted by atomic mass is 32.2. The van der Waals surface area contributed by atoms with Gasteiger partial charge in [0.2, 0.25) is 5.91 Å². The molecule has 1 aromatic rings. The lowest BCUT2D eigenvalue weighted by Crippen LogP contribution is -2.33. The van der Waals surface area contributed by atoms with Crippen LogP contribution in [0.1, 0.15) is 13.8 Å². The van der Waals surface area contributed by atoms with Crippen molar-refractivity contribution in [2.75, 3.05) is 30.1 Å². The van der Waals surface area contributed by atoms with Crippen LogP contribution in [0.2, 0.25) is 0 Å². The average molecular weight is 343 g/mol. The molecule has 1 aromatic carbocycles. The van der Waals surface area contributed by atoms with Gasteiger partial charge in [0.05, 0.1) is 5.75 Å². The Hall–Kier alpha value is -2.09. The Morgan fingerprint density at radius 3 is 2.26 bits per heavy atom. The van der Waals surface area contributed by atoms with Crippen molar-refractivity contribution in [2.24, 2.45) is 5.92 Å². The largest absolute Gasteiger partial charge is 0.482 e. The third kappa shape index (κ3) is 6.68. The standard InChI is InChI=1S/C15H21NO6S/c1-11(2)9-23(20,21)10-14(17)16(3)12-4-6-13(7-5-12)22-8-15(18)19/h4-7,11H,8-10H2,1-3H3,(H,18,19). The molecule has 0 saturated carbocycles. The molecule has 0 aliphatic rings. The van der Waals surface area contributed by atoms with E-state index in [0.29, 0.717) is 11.4 Å². The minimum atomic E-state index is -3.44. The number of hydrogen-bond donors (Lipinski definition) is 1. The van der Waals surface area contributed by atoms with Crippen LogP contribution in [0, 0.1) is 5.92 Å². The fourth-order valence-corrected chi connectivity index (χ4v) is 3.61. The Balaban J connectivity index is 2.71. The van der Waals surface area contributed by atoms with Crippen molar-refractivity contribution in [3.63, 3.8) is 0 Å². The molecule has 0 heterocycles. The maximum atomic E-state index is 12.1. The van der Waals surface area contributed by atoms with E-state index < -0.39 is 34.1 Å². The number of aliphatic carboxylic acids is 1. The second-order valence-corrected chi connectivity index (χ2v) is 7.69. The molecule has 0 aromatic heterocycles. The van der Waals surface area contributed by atoms with Crippen molar-refractivity contribution in [1.82, 2.24) is 0 Å². The summed E-state index contributed by atoms with van der Waals surface area (Å²) in [5, 5.41) is 8.53. The number of hydrogen-bond acceptors (Lipinski definition) is 5. The number of carboxylic acid groups (broad SMARTS) is 1. The first-order chi connectivity index (χ1) is 10.6. The second kappa shape index (κ2) is 7.96. The molecule has 128 valence electrons. The SMILES string of the molecule is CC(C)CS(=O)(=O)CC(=O)N(C)c1ccc(OCC(=O)O)cc1. The normalized spacial score (nSPS) is 11.3. The third-order valence-electron chi connectivity index (χ3n) is 2.89. The van der Waals surface area contributed by atoms with Crippen LogP contribution < -0.4 is 9.64 Å². The Bertz CT molecular complexity index is 651. The number of ether oxygens (including phenoxy) is 1. The zero-order chi connectivity index (χ0) is 17.6. The second-order valence-electron chi connectivity index (χ2n) is 5.58. The zero-order valence-electron chi connectivity index (χ0n) is 13.4. The Morgan fingerprint density at radius 2 is 1.78 bits per heavy atom. The molecular weight excluding hydrogens is 322 g/mol. The fraction of sp³-hybridized carbons (Fsp3) is 0.467. The van der Waals surface area contributed by atoms with Gasteiger partial charge in [0.15, 0.2) is 16.4 Å². The molecule has 8 heteroatoms. The van der Waals surface area contributed by atoms with E-state index >= 15 is 0 Å². The Morgan fingerprint density at radius 1 is 1.22 bits per heavy atom. The molecule has 1 N–H and O–H groups in total. The van der Waals surface area contributed by atoms with Gasteiger partial charge in [-0.3, -0.25) is 4.79 Å². The van der Waals surface area contributed by atoms with Crippen LogP contribution in [-0.4, -0.2) is 50.6 Å². The average Bonchev–Trinajstić information content (AvgIpc) is 2.42. The van der Waals surface area contributed by atoms with Gasteiger partial charge in [0.1, 0.15) is 11.5 Å². The molecule has 1 amide bonds. The van der Waals surface area contributed by atoms with Gasteiger partial charge in [-0.2, -0.15) is 0 Å². The van der Waals surface area contributed by atoms with Crippen LogP contribution >= 0.6 is 0 Å². The van der Waals surface area contributed by atoms with Gasteiger partial charge >= 0.3 is 5.97 Å². The monoisotopic (exact) mass is 343 g/mol. The third-order valence-corrected chi connectivity index (χ3v) is 4.75. The van der Waals surface area contributed by atoms with Gasteiger partial charge in [-0.05, 0) is 30.2 Å². The summed E-state index contributed by atoms with van der Waals surface area (Å²) in [6, 6.07) is 6.16. The van der Waals surface area contributed by atoms with Gasteiger partial charge in [-0.15, -0.1) is 0 Å². The quantitative estimate of drug-likeness (QED) is 0.761. The molecule has 0 saturated heterocycles. The molecule has 0 unspecified atom stereocenters. The number of anilines is 1. The maximum absolute atomic E-state index is 12.1. The summed E-state index contributed by atoms with van der Waals surface area (Å²) in [4.78, 5) is 23.7. The number of rotatable bonds is 8. The summed E-state index contributed by atoms with van der Waals surface area (Å²) in [6.07, 6.45) is 0. The molecule has 0 bridgehead atoms. The highest BCUT2D eigenvalue weighted by Crippen LogP contribution is 2.19. The van der Waals surface area contributed by atoms with E-state index in [1.54, 1.807) is 26.0 Å². The topological polar surface area (TPSA) is 101 Å². The Labute approximate surface area is 135 Å². The summed E-state index contributed by atoms with van der Waals surface area (Å²) in [6.45, 7) is 3.10. The zero-order valence-corrected chi connectivity index (χ0v) is 14.2. The van der Waals surface area contributed by atoms with Gasteiger partial charge < -0.3 is 14.7 Å². The molecule has 7 nitrogen and oxygen atoms in total. The van der Waals surface area contributed by atoms with Crippen LogP contribution in [0.25, 0.3) is 0 Å².